The van der Waals surface area contributed by atoms with Crippen LogP contribution < -0.4 is 5.32 Å². The van der Waals surface area contributed by atoms with Gasteiger partial charge in [0.1, 0.15) is 17.5 Å². The number of ether oxygens (including phenoxy) is 1. The number of likely N-dealkylation sites (tertiary alicyclic amines) is 1. The van der Waals surface area contributed by atoms with E-state index in [0.717, 1.165) is 61.3 Å². The zero-order valence-corrected chi connectivity index (χ0v) is 22.5. The number of carboxylic acid groups (broad SMARTS) is 1. The van der Waals surface area contributed by atoms with Crippen LogP contribution in [0.25, 0.3) is 0 Å². The minimum atomic E-state index is -1.33. The monoisotopic (exact) mass is 511 g/mol. The lowest BCUT2D eigenvalue weighted by Crippen LogP contribution is -2.36. The first kappa shape index (κ1) is 27.5. The Bertz CT molecular complexity index is 1060. The molecule has 202 valence electrons. The number of anilines is 1. The fourth-order valence-corrected chi connectivity index (χ4v) is 5.68. The molecule has 0 aliphatic carbocycles. The highest BCUT2D eigenvalue weighted by Crippen LogP contribution is 2.38. The van der Waals surface area contributed by atoms with Gasteiger partial charge in [-0.3, -0.25) is 9.69 Å². The molecule has 2 aliphatic rings. The second kappa shape index (κ2) is 12.4. The Labute approximate surface area is 220 Å². The van der Waals surface area contributed by atoms with Gasteiger partial charge in [-0.2, -0.15) is 0 Å². The Hall–Kier alpha value is -2.51. The number of carbonyl (C=O) groups is 1. The zero-order chi connectivity index (χ0) is 26.4. The number of hydrogen-bond acceptors (Lipinski definition) is 5. The molecule has 0 bridgehead atoms. The maximum absolute atomic E-state index is 15.9. The lowest BCUT2D eigenvalue weighted by Gasteiger charge is -2.30. The number of aromatic nitrogens is 1. The van der Waals surface area contributed by atoms with Crippen LogP contribution in [0.15, 0.2) is 36.4 Å². The minimum Gasteiger partial charge on any atom is -0.480 e. The molecule has 3 atom stereocenters. The number of aryl methyl sites for hydroxylation is 2. The molecule has 0 amide bonds. The molecule has 0 saturated carbocycles. The summed E-state index contributed by atoms with van der Waals surface area (Å²) >= 11 is 0. The number of halogens is 1. The Morgan fingerprint density at radius 1 is 1.27 bits per heavy atom. The molecule has 0 radical (unpaired) electrons. The molecular formula is C30H42FN3O3. The predicted octanol–water partition coefficient (Wildman–Crippen LogP) is 5.95. The van der Waals surface area contributed by atoms with Gasteiger partial charge in [-0.25, -0.2) is 9.37 Å². The number of nitrogens with zero attached hydrogens (tertiary/aromatic N) is 2. The predicted molar refractivity (Wildman–Crippen MR) is 145 cm³/mol. The first-order valence-electron chi connectivity index (χ1n) is 13.8. The molecule has 4 rings (SSSR count). The summed E-state index contributed by atoms with van der Waals surface area (Å²) < 4.78 is 21.6. The van der Waals surface area contributed by atoms with Gasteiger partial charge in [0, 0.05) is 24.7 Å². The summed E-state index contributed by atoms with van der Waals surface area (Å²) in [5, 5.41) is 13.5. The van der Waals surface area contributed by atoms with Gasteiger partial charge in [-0.05, 0) is 95.0 Å². The Kier molecular flexibility index (Phi) is 9.19. The second-order valence-electron chi connectivity index (χ2n) is 11.1. The van der Waals surface area contributed by atoms with Gasteiger partial charge in [0.05, 0.1) is 12.7 Å². The third-order valence-electron chi connectivity index (χ3n) is 7.89. The highest BCUT2D eigenvalue weighted by molar-refractivity contribution is 5.76. The van der Waals surface area contributed by atoms with Crippen molar-refractivity contribution in [3.05, 3.63) is 58.8 Å². The topological polar surface area (TPSA) is 74.7 Å². The van der Waals surface area contributed by atoms with Gasteiger partial charge in [0.15, 0.2) is 0 Å². The van der Waals surface area contributed by atoms with Crippen LogP contribution in [0.3, 0.4) is 0 Å². The molecule has 2 aliphatic heterocycles. The van der Waals surface area contributed by atoms with Crippen molar-refractivity contribution in [1.82, 2.24) is 9.88 Å². The van der Waals surface area contributed by atoms with Gasteiger partial charge in [-0.1, -0.05) is 30.3 Å². The number of aliphatic carboxylic acids is 1. The van der Waals surface area contributed by atoms with Gasteiger partial charge in [0.2, 0.25) is 0 Å². The number of rotatable bonds is 12. The Morgan fingerprint density at radius 3 is 2.86 bits per heavy atom. The highest BCUT2D eigenvalue weighted by Gasteiger charge is 2.42. The summed E-state index contributed by atoms with van der Waals surface area (Å²) in [6.45, 7) is 7.99. The largest absolute Gasteiger partial charge is 0.480 e. The smallest absolute Gasteiger partial charge is 0.325 e. The second-order valence-corrected chi connectivity index (χ2v) is 11.1. The van der Waals surface area contributed by atoms with E-state index < -0.39 is 17.7 Å². The van der Waals surface area contributed by atoms with Gasteiger partial charge in [-0.15, -0.1) is 0 Å². The Morgan fingerprint density at radius 2 is 2.08 bits per heavy atom. The fourth-order valence-electron chi connectivity index (χ4n) is 5.68. The van der Waals surface area contributed by atoms with Crippen molar-refractivity contribution in [2.24, 2.45) is 5.92 Å². The van der Waals surface area contributed by atoms with E-state index in [1.165, 1.54) is 5.56 Å². The van der Waals surface area contributed by atoms with Crippen molar-refractivity contribution >= 4 is 11.8 Å². The normalized spacial score (nSPS) is 20.3. The average Bonchev–Trinajstić information content (AvgIpc) is 3.36. The molecule has 7 heteroatoms. The summed E-state index contributed by atoms with van der Waals surface area (Å²) in [5.41, 5.74) is 2.63. The minimum absolute atomic E-state index is 0.0550. The fraction of sp³-hybridized carbons (Fsp3) is 0.600. The molecule has 1 saturated heterocycles. The number of fused-ring (bicyclic) bond motifs is 1. The van der Waals surface area contributed by atoms with Crippen LogP contribution >= 0.6 is 0 Å². The van der Waals surface area contributed by atoms with Crippen molar-refractivity contribution in [3.63, 3.8) is 0 Å². The van der Waals surface area contributed by atoms with Crippen LogP contribution in [-0.4, -0.2) is 52.4 Å². The van der Waals surface area contributed by atoms with E-state index in [1.54, 1.807) is 6.92 Å². The quantitative estimate of drug-likeness (QED) is 0.343. The molecule has 1 aromatic heterocycles. The number of benzene rings is 1. The number of carboxylic acids is 1. The third-order valence-corrected chi connectivity index (χ3v) is 7.89. The van der Waals surface area contributed by atoms with Crippen molar-refractivity contribution in [2.45, 2.75) is 90.1 Å². The first-order valence-corrected chi connectivity index (χ1v) is 13.8. The van der Waals surface area contributed by atoms with Crippen molar-refractivity contribution in [3.8, 4) is 0 Å². The average molecular weight is 512 g/mol. The van der Waals surface area contributed by atoms with Crippen molar-refractivity contribution in [2.75, 3.05) is 25.0 Å². The number of hydrogen-bond donors (Lipinski definition) is 2. The van der Waals surface area contributed by atoms with Crippen LogP contribution in [-0.2, 0) is 29.0 Å². The van der Waals surface area contributed by atoms with Crippen LogP contribution in [0.2, 0.25) is 0 Å². The lowest BCUT2D eigenvalue weighted by molar-refractivity contribution is -0.143. The Balaban J connectivity index is 1.32. The lowest BCUT2D eigenvalue weighted by atomic mass is 9.85. The maximum Gasteiger partial charge on any atom is 0.325 e. The van der Waals surface area contributed by atoms with Crippen LogP contribution in [0.5, 0.6) is 0 Å². The molecule has 1 aromatic carbocycles. The highest BCUT2D eigenvalue weighted by atomic mass is 19.1. The molecule has 0 spiro atoms. The van der Waals surface area contributed by atoms with Gasteiger partial charge < -0.3 is 15.2 Å². The number of alkyl halides is 1. The molecule has 6 nitrogen and oxygen atoms in total. The van der Waals surface area contributed by atoms with Crippen LogP contribution in [0.4, 0.5) is 10.2 Å². The van der Waals surface area contributed by atoms with Gasteiger partial charge in [0.25, 0.3) is 0 Å². The summed E-state index contributed by atoms with van der Waals surface area (Å²) in [6.07, 6.45) is 5.95. The summed E-state index contributed by atoms with van der Waals surface area (Å²) in [7, 11) is 0. The van der Waals surface area contributed by atoms with Gasteiger partial charge >= 0.3 is 5.97 Å². The van der Waals surface area contributed by atoms with E-state index >= 15 is 4.39 Å². The van der Waals surface area contributed by atoms with Crippen molar-refractivity contribution < 1.29 is 19.0 Å². The first-order chi connectivity index (χ1) is 17.7. The SMILES string of the molecule is CC(C)OCc1ccccc1C(C(=O)O)N1CC[C@@H](C(C)(F)CCCCc2ccc3c(n2)NCCC3)C1. The zero-order valence-electron chi connectivity index (χ0n) is 22.5. The maximum atomic E-state index is 15.9. The van der Waals surface area contributed by atoms with E-state index in [2.05, 4.69) is 17.4 Å². The van der Waals surface area contributed by atoms with E-state index in [4.69, 9.17) is 9.72 Å². The molecule has 2 N–H and O–H groups in total. The standard InChI is InChI=1S/C30H42FN3O3/c1-21(2)37-20-23-9-4-5-12-26(23)27(29(35)36)34-18-15-24(19-34)30(3,31)16-7-6-11-25-14-13-22-10-8-17-32-28(22)33-25/h4-5,9,12-14,21,24,27H,6-8,10-11,15-20H2,1-3H3,(H,32,33)(H,35,36)/t24-,27?,30?/m1/s1. The number of unbranched alkanes of at least 4 members (excludes halogenated alkanes) is 1. The molecule has 37 heavy (non-hydrogen) atoms. The number of nitrogens with one attached hydrogen (secondary N) is 1. The van der Waals surface area contributed by atoms with Crippen LogP contribution in [0, 0.1) is 5.92 Å². The number of pyridine rings is 1. The summed E-state index contributed by atoms with van der Waals surface area (Å²) in [4.78, 5) is 19.1. The summed E-state index contributed by atoms with van der Waals surface area (Å²) in [5.74, 6) is -0.0693. The van der Waals surface area contributed by atoms with Crippen LogP contribution in [0.1, 0.15) is 81.3 Å². The van der Waals surface area contributed by atoms with E-state index in [0.29, 0.717) is 32.5 Å². The molecule has 2 aromatic rings. The van der Waals surface area contributed by atoms with E-state index in [9.17, 15) is 9.90 Å². The van der Waals surface area contributed by atoms with Crippen molar-refractivity contribution in [1.29, 1.82) is 0 Å². The van der Waals surface area contributed by atoms with E-state index in [-0.39, 0.29) is 12.0 Å². The summed E-state index contributed by atoms with van der Waals surface area (Å²) in [6, 6.07) is 11.0. The molecule has 1 fully saturated rings. The molecule has 2 unspecified atom stereocenters. The van der Waals surface area contributed by atoms with E-state index in [1.807, 2.05) is 43.0 Å². The molecular weight excluding hydrogens is 469 g/mol. The molecule has 3 heterocycles. The third kappa shape index (κ3) is 7.08.